The maximum Gasteiger partial charge on any atom is 0.233 e. The van der Waals surface area contributed by atoms with E-state index in [1.54, 1.807) is 56.4 Å². The molecule has 0 N–H and O–H groups in total. The molecule has 6 nitrogen and oxygen atoms in total. The smallest absolute Gasteiger partial charge is 0.233 e. The molecule has 0 aliphatic rings. The van der Waals surface area contributed by atoms with Crippen molar-refractivity contribution >= 4 is 42.4 Å². The molecule has 170 valence electrons. The number of benzene rings is 2. The molecule has 0 bridgehead atoms. The third kappa shape index (κ3) is 4.94. The molecule has 0 aliphatic heterocycles. The number of para-hydroxylation sites is 1. The van der Waals surface area contributed by atoms with Crippen LogP contribution < -0.4 is 4.90 Å². The number of halogens is 1. The molecule has 0 saturated heterocycles. The average Bonchev–Trinajstić information content (AvgIpc) is 3.24. The second kappa shape index (κ2) is 9.36. The van der Waals surface area contributed by atoms with Crippen LogP contribution in [-0.4, -0.2) is 29.5 Å². The Morgan fingerprint density at radius 1 is 1.06 bits per heavy atom. The standard InChI is InChI=1S/C24H22FN3O3S2/c1-16(2)33(30,31)19-11-9-17(10-12-19)14-22(29)28(15-18-6-3-4-13-26-18)24-27-23-20(25)7-5-8-21(23)32-24/h3-13,16H,14-15H2,1-2H3. The number of nitrogens with zero attached hydrogens (tertiary/aromatic N) is 3. The number of anilines is 1. The van der Waals surface area contributed by atoms with E-state index >= 15 is 0 Å². The molecule has 0 aliphatic carbocycles. The molecule has 2 aromatic heterocycles. The maximum atomic E-state index is 14.2. The van der Waals surface area contributed by atoms with E-state index in [0.717, 1.165) is 0 Å². The van der Waals surface area contributed by atoms with Gasteiger partial charge in [0, 0.05) is 6.20 Å². The molecule has 0 unspecified atom stereocenters. The van der Waals surface area contributed by atoms with Crippen molar-refractivity contribution in [1.29, 1.82) is 0 Å². The van der Waals surface area contributed by atoms with E-state index in [9.17, 15) is 17.6 Å². The van der Waals surface area contributed by atoms with Crippen LogP contribution >= 0.6 is 11.3 Å². The zero-order valence-corrected chi connectivity index (χ0v) is 19.7. The molecule has 4 aromatic rings. The van der Waals surface area contributed by atoms with Crippen molar-refractivity contribution in [2.45, 2.75) is 37.0 Å². The highest BCUT2D eigenvalue weighted by Crippen LogP contribution is 2.31. The maximum absolute atomic E-state index is 14.2. The van der Waals surface area contributed by atoms with E-state index in [-0.39, 0.29) is 29.3 Å². The molecule has 0 radical (unpaired) electrons. The Balaban J connectivity index is 1.64. The first-order valence-corrected chi connectivity index (χ1v) is 12.7. The molecular formula is C24H22FN3O3S2. The van der Waals surface area contributed by atoms with Crippen molar-refractivity contribution in [3.8, 4) is 0 Å². The molecule has 2 aromatic carbocycles. The zero-order chi connectivity index (χ0) is 23.6. The minimum Gasteiger partial charge on any atom is -0.282 e. The number of sulfone groups is 1. The van der Waals surface area contributed by atoms with Gasteiger partial charge in [0.1, 0.15) is 11.3 Å². The molecule has 2 heterocycles. The van der Waals surface area contributed by atoms with E-state index < -0.39 is 20.9 Å². The zero-order valence-electron chi connectivity index (χ0n) is 18.1. The summed E-state index contributed by atoms with van der Waals surface area (Å²) in [5.74, 6) is -0.693. The first-order chi connectivity index (χ1) is 15.8. The van der Waals surface area contributed by atoms with Crippen molar-refractivity contribution in [2.24, 2.45) is 0 Å². The van der Waals surface area contributed by atoms with Crippen molar-refractivity contribution in [3.05, 3.63) is 83.9 Å². The summed E-state index contributed by atoms with van der Waals surface area (Å²) in [6, 6.07) is 16.5. The third-order valence-corrected chi connectivity index (χ3v) is 8.38. The predicted molar refractivity (Wildman–Crippen MR) is 127 cm³/mol. The van der Waals surface area contributed by atoms with Crippen molar-refractivity contribution in [2.75, 3.05) is 4.90 Å². The Labute approximate surface area is 195 Å². The highest BCUT2D eigenvalue weighted by atomic mass is 32.2. The van der Waals surface area contributed by atoms with Gasteiger partial charge in [-0.05, 0) is 55.8 Å². The number of aromatic nitrogens is 2. The van der Waals surface area contributed by atoms with Gasteiger partial charge in [-0.15, -0.1) is 0 Å². The van der Waals surface area contributed by atoms with Crippen LogP contribution in [0.4, 0.5) is 9.52 Å². The van der Waals surface area contributed by atoms with E-state index in [2.05, 4.69) is 9.97 Å². The highest BCUT2D eigenvalue weighted by Gasteiger charge is 2.23. The number of carbonyl (C=O) groups is 1. The van der Waals surface area contributed by atoms with Gasteiger partial charge in [0.05, 0.1) is 33.5 Å². The number of fused-ring (bicyclic) bond motifs is 1. The average molecular weight is 484 g/mol. The van der Waals surface area contributed by atoms with Crippen LogP contribution in [0.15, 0.2) is 71.8 Å². The summed E-state index contributed by atoms with van der Waals surface area (Å²) < 4.78 is 39.6. The summed E-state index contributed by atoms with van der Waals surface area (Å²) in [5.41, 5.74) is 1.56. The number of hydrogen-bond acceptors (Lipinski definition) is 6. The molecular weight excluding hydrogens is 461 g/mol. The highest BCUT2D eigenvalue weighted by molar-refractivity contribution is 7.92. The number of rotatable bonds is 7. The molecule has 0 spiro atoms. The number of amides is 1. The monoisotopic (exact) mass is 483 g/mol. The minimum absolute atomic E-state index is 0.0350. The van der Waals surface area contributed by atoms with Gasteiger partial charge in [0.2, 0.25) is 5.91 Å². The van der Waals surface area contributed by atoms with Crippen molar-refractivity contribution in [1.82, 2.24) is 9.97 Å². The Bertz CT molecular complexity index is 1390. The molecule has 0 fully saturated rings. The van der Waals surface area contributed by atoms with Gasteiger partial charge in [-0.3, -0.25) is 14.7 Å². The summed E-state index contributed by atoms with van der Waals surface area (Å²) in [7, 11) is -3.39. The van der Waals surface area contributed by atoms with Crippen LogP contribution in [0.2, 0.25) is 0 Å². The SMILES string of the molecule is CC(C)S(=O)(=O)c1ccc(CC(=O)N(Cc2ccccn2)c2nc3c(F)cccc3s2)cc1. The quantitative estimate of drug-likeness (QED) is 0.378. The Morgan fingerprint density at radius 2 is 1.82 bits per heavy atom. The lowest BCUT2D eigenvalue weighted by Crippen LogP contribution is -2.32. The van der Waals surface area contributed by atoms with Crippen molar-refractivity contribution < 1.29 is 17.6 Å². The molecule has 0 atom stereocenters. The number of hydrogen-bond donors (Lipinski definition) is 0. The Morgan fingerprint density at radius 3 is 2.45 bits per heavy atom. The Hall–Kier alpha value is -3.17. The number of carbonyl (C=O) groups excluding carboxylic acids is 1. The van der Waals surface area contributed by atoms with E-state index in [4.69, 9.17) is 0 Å². The molecule has 1 amide bonds. The second-order valence-electron chi connectivity index (χ2n) is 7.80. The normalized spacial score (nSPS) is 11.8. The van der Waals surface area contributed by atoms with Gasteiger partial charge in [-0.25, -0.2) is 17.8 Å². The fourth-order valence-corrected chi connectivity index (χ4v) is 5.33. The van der Waals surface area contributed by atoms with Crippen LogP contribution in [0.5, 0.6) is 0 Å². The minimum atomic E-state index is -3.39. The first-order valence-electron chi connectivity index (χ1n) is 10.3. The second-order valence-corrected chi connectivity index (χ2v) is 11.3. The summed E-state index contributed by atoms with van der Waals surface area (Å²) in [4.78, 5) is 23.7. The third-order valence-electron chi connectivity index (χ3n) is 5.16. The van der Waals surface area contributed by atoms with Crippen LogP contribution in [0.3, 0.4) is 0 Å². The van der Waals surface area contributed by atoms with Gasteiger partial charge in [-0.1, -0.05) is 35.6 Å². The molecule has 9 heteroatoms. The summed E-state index contributed by atoms with van der Waals surface area (Å²) in [6.07, 6.45) is 1.68. The van der Waals surface area contributed by atoms with Crippen LogP contribution in [-0.2, 0) is 27.6 Å². The number of pyridine rings is 1. The van der Waals surface area contributed by atoms with Crippen LogP contribution in [0.25, 0.3) is 10.2 Å². The number of thiazole rings is 1. The topological polar surface area (TPSA) is 80.2 Å². The fourth-order valence-electron chi connectivity index (χ4n) is 3.27. The van der Waals surface area contributed by atoms with Gasteiger partial charge in [-0.2, -0.15) is 0 Å². The lowest BCUT2D eigenvalue weighted by molar-refractivity contribution is -0.118. The molecule has 0 saturated carbocycles. The Kier molecular flexibility index (Phi) is 6.53. The molecule has 33 heavy (non-hydrogen) atoms. The van der Waals surface area contributed by atoms with Gasteiger partial charge >= 0.3 is 0 Å². The van der Waals surface area contributed by atoms with Gasteiger partial charge < -0.3 is 0 Å². The van der Waals surface area contributed by atoms with Crippen LogP contribution in [0, 0.1) is 5.82 Å². The molecule has 4 rings (SSSR count). The largest absolute Gasteiger partial charge is 0.282 e. The predicted octanol–water partition coefficient (Wildman–Crippen LogP) is 4.79. The van der Waals surface area contributed by atoms with E-state index in [0.29, 0.717) is 21.1 Å². The van der Waals surface area contributed by atoms with E-state index in [1.807, 2.05) is 6.07 Å². The summed E-state index contributed by atoms with van der Waals surface area (Å²) in [6.45, 7) is 3.44. The van der Waals surface area contributed by atoms with Gasteiger partial charge in [0.15, 0.2) is 15.0 Å². The fraction of sp³-hybridized carbons (Fsp3) is 0.208. The lowest BCUT2D eigenvalue weighted by atomic mass is 10.1. The summed E-state index contributed by atoms with van der Waals surface area (Å²) in [5, 5.41) is -0.150. The van der Waals surface area contributed by atoms with Gasteiger partial charge in [0.25, 0.3) is 0 Å². The first kappa shape index (κ1) is 23.0. The summed E-state index contributed by atoms with van der Waals surface area (Å²) >= 11 is 1.23. The van der Waals surface area contributed by atoms with Crippen molar-refractivity contribution in [3.63, 3.8) is 0 Å². The lowest BCUT2D eigenvalue weighted by Gasteiger charge is -2.19. The van der Waals surface area contributed by atoms with Crippen LogP contribution in [0.1, 0.15) is 25.1 Å². The van der Waals surface area contributed by atoms with E-state index in [1.165, 1.54) is 34.4 Å².